The van der Waals surface area contributed by atoms with Crippen LogP contribution in [0.4, 0.5) is 0 Å². The molecule has 0 atom stereocenters. The van der Waals surface area contributed by atoms with Gasteiger partial charge in [0, 0.05) is 41.7 Å². The summed E-state index contributed by atoms with van der Waals surface area (Å²) in [5, 5.41) is 3.63. The van der Waals surface area contributed by atoms with Crippen molar-refractivity contribution in [2.75, 3.05) is 31.6 Å². The molecule has 1 aliphatic heterocycles. The third-order valence-corrected chi connectivity index (χ3v) is 6.87. The van der Waals surface area contributed by atoms with Gasteiger partial charge in [0.1, 0.15) is 4.90 Å². The van der Waals surface area contributed by atoms with Crippen LogP contribution in [0.2, 0.25) is 10.0 Å². The van der Waals surface area contributed by atoms with E-state index in [9.17, 15) is 8.42 Å². The monoisotopic (exact) mass is 354 g/mol. The minimum atomic E-state index is -3.55. The Hall–Kier alpha value is 0.0200. The van der Waals surface area contributed by atoms with Gasteiger partial charge in [-0.1, -0.05) is 23.2 Å². The van der Waals surface area contributed by atoms with Gasteiger partial charge in [-0.05, 0) is 19.2 Å². The van der Waals surface area contributed by atoms with Gasteiger partial charge in [-0.25, -0.2) is 8.42 Å². The number of nitrogens with one attached hydrogen (secondary N) is 1. The summed E-state index contributed by atoms with van der Waals surface area (Å²) in [6.45, 7) is 1.47. The van der Waals surface area contributed by atoms with Crippen LogP contribution in [0.3, 0.4) is 0 Å². The van der Waals surface area contributed by atoms with Crippen molar-refractivity contribution in [1.29, 1.82) is 0 Å². The maximum absolute atomic E-state index is 12.6. The fourth-order valence-corrected chi connectivity index (χ4v) is 5.50. The topological polar surface area (TPSA) is 49.4 Å². The Morgan fingerprint density at radius 3 is 2.55 bits per heavy atom. The molecule has 0 unspecified atom stereocenters. The molecule has 1 saturated heterocycles. The highest BCUT2D eigenvalue weighted by atomic mass is 35.5. The molecular weight excluding hydrogens is 339 g/mol. The molecule has 2 rings (SSSR count). The van der Waals surface area contributed by atoms with Crippen molar-refractivity contribution in [1.82, 2.24) is 9.62 Å². The number of rotatable bonds is 4. The molecule has 0 spiro atoms. The van der Waals surface area contributed by atoms with Crippen LogP contribution in [0.1, 0.15) is 5.56 Å². The number of hydrogen-bond donors (Lipinski definition) is 1. The van der Waals surface area contributed by atoms with Crippen molar-refractivity contribution in [3.05, 3.63) is 27.7 Å². The molecule has 112 valence electrons. The summed E-state index contributed by atoms with van der Waals surface area (Å²) < 4.78 is 26.8. The number of benzene rings is 1. The molecule has 0 radical (unpaired) electrons. The normalized spacial score (nSPS) is 17.4. The Bertz CT molecular complexity index is 587. The first kappa shape index (κ1) is 16.4. The van der Waals surface area contributed by atoms with Crippen molar-refractivity contribution in [3.63, 3.8) is 0 Å². The van der Waals surface area contributed by atoms with E-state index >= 15 is 0 Å². The summed E-state index contributed by atoms with van der Waals surface area (Å²) in [6, 6.07) is 3.08. The van der Waals surface area contributed by atoms with Gasteiger partial charge >= 0.3 is 0 Å². The number of thioether (sulfide) groups is 1. The first-order valence-electron chi connectivity index (χ1n) is 6.18. The van der Waals surface area contributed by atoms with E-state index in [0.717, 1.165) is 11.5 Å². The van der Waals surface area contributed by atoms with Crippen LogP contribution >= 0.6 is 35.0 Å². The lowest BCUT2D eigenvalue weighted by Crippen LogP contribution is -2.38. The van der Waals surface area contributed by atoms with Crippen LogP contribution in [0.25, 0.3) is 0 Å². The zero-order valence-electron chi connectivity index (χ0n) is 11.0. The highest BCUT2D eigenvalue weighted by Crippen LogP contribution is 2.33. The Labute approximate surface area is 133 Å². The Balaban J connectivity index is 2.43. The average Bonchev–Trinajstić information content (AvgIpc) is 2.44. The molecule has 1 aromatic rings. The Morgan fingerprint density at radius 2 is 1.95 bits per heavy atom. The van der Waals surface area contributed by atoms with E-state index in [4.69, 9.17) is 23.2 Å². The van der Waals surface area contributed by atoms with Crippen molar-refractivity contribution in [2.45, 2.75) is 11.4 Å². The molecular formula is C12H16Cl2N2O2S2. The van der Waals surface area contributed by atoms with Crippen LogP contribution in [0, 0.1) is 0 Å². The molecule has 1 N–H and O–H groups in total. The highest BCUT2D eigenvalue weighted by molar-refractivity contribution is 7.99. The van der Waals surface area contributed by atoms with Gasteiger partial charge in [0.15, 0.2) is 0 Å². The number of sulfonamides is 1. The van der Waals surface area contributed by atoms with E-state index in [-0.39, 0.29) is 9.92 Å². The van der Waals surface area contributed by atoms with Crippen molar-refractivity contribution >= 4 is 45.0 Å². The minimum Gasteiger partial charge on any atom is -0.316 e. The maximum Gasteiger partial charge on any atom is 0.244 e. The number of hydrogen-bond acceptors (Lipinski definition) is 4. The van der Waals surface area contributed by atoms with E-state index in [1.165, 1.54) is 10.4 Å². The van der Waals surface area contributed by atoms with E-state index < -0.39 is 10.0 Å². The molecule has 20 heavy (non-hydrogen) atoms. The molecule has 0 bridgehead atoms. The van der Waals surface area contributed by atoms with Gasteiger partial charge in [0.2, 0.25) is 10.0 Å². The molecule has 1 fully saturated rings. The molecule has 0 aliphatic carbocycles. The first-order chi connectivity index (χ1) is 9.48. The zero-order valence-corrected chi connectivity index (χ0v) is 14.2. The SMILES string of the molecule is CNCc1c(Cl)ccc(S(=O)(=O)N2CCSCC2)c1Cl. The predicted octanol–water partition coefficient (Wildman–Crippen LogP) is 2.45. The molecule has 0 saturated carbocycles. The van der Waals surface area contributed by atoms with Crippen LogP contribution in [-0.4, -0.2) is 44.4 Å². The summed E-state index contributed by atoms with van der Waals surface area (Å²) in [7, 11) is -1.79. The van der Waals surface area contributed by atoms with Gasteiger partial charge in [0.05, 0.1) is 5.02 Å². The summed E-state index contributed by atoms with van der Waals surface area (Å²) >= 11 is 14.1. The molecule has 1 aromatic carbocycles. The van der Waals surface area contributed by atoms with Crippen LogP contribution in [0.15, 0.2) is 17.0 Å². The molecule has 1 aliphatic rings. The standard InChI is InChI=1S/C12H16Cl2N2O2S2/c1-15-8-9-10(13)2-3-11(12(9)14)20(17,18)16-4-6-19-7-5-16/h2-3,15H,4-8H2,1H3. The number of nitrogens with zero attached hydrogens (tertiary/aromatic N) is 1. The van der Waals surface area contributed by atoms with Crippen molar-refractivity contribution in [3.8, 4) is 0 Å². The lowest BCUT2D eigenvalue weighted by atomic mass is 10.2. The van der Waals surface area contributed by atoms with E-state index in [1.54, 1.807) is 24.9 Å². The minimum absolute atomic E-state index is 0.140. The third kappa shape index (κ3) is 3.26. The summed E-state index contributed by atoms with van der Waals surface area (Å²) in [4.78, 5) is 0.140. The van der Waals surface area contributed by atoms with Gasteiger partial charge in [-0.3, -0.25) is 0 Å². The summed E-state index contributed by atoms with van der Waals surface area (Å²) in [5.41, 5.74) is 0.614. The van der Waals surface area contributed by atoms with Crippen LogP contribution in [-0.2, 0) is 16.6 Å². The Morgan fingerprint density at radius 1 is 1.30 bits per heavy atom. The van der Waals surface area contributed by atoms with Gasteiger partial charge < -0.3 is 5.32 Å². The van der Waals surface area contributed by atoms with Crippen molar-refractivity contribution in [2.24, 2.45) is 0 Å². The van der Waals surface area contributed by atoms with Gasteiger partial charge in [-0.15, -0.1) is 0 Å². The Kier molecular flexibility index (Phi) is 5.62. The van der Waals surface area contributed by atoms with E-state index in [2.05, 4.69) is 5.32 Å². The quantitative estimate of drug-likeness (QED) is 0.902. The fourth-order valence-electron chi connectivity index (χ4n) is 2.04. The second-order valence-corrected chi connectivity index (χ2v) is 8.30. The summed E-state index contributed by atoms with van der Waals surface area (Å²) in [5.74, 6) is 1.63. The fraction of sp³-hybridized carbons (Fsp3) is 0.500. The highest BCUT2D eigenvalue weighted by Gasteiger charge is 2.29. The van der Waals surface area contributed by atoms with Crippen molar-refractivity contribution < 1.29 is 8.42 Å². The van der Waals surface area contributed by atoms with E-state index in [0.29, 0.717) is 30.2 Å². The largest absolute Gasteiger partial charge is 0.316 e. The lowest BCUT2D eigenvalue weighted by Gasteiger charge is -2.26. The number of halogens is 2. The maximum atomic E-state index is 12.6. The van der Waals surface area contributed by atoms with Crippen LogP contribution in [0.5, 0.6) is 0 Å². The second-order valence-electron chi connectivity index (χ2n) is 4.38. The zero-order chi connectivity index (χ0) is 14.8. The molecule has 8 heteroatoms. The average molecular weight is 355 g/mol. The predicted molar refractivity (Wildman–Crippen MR) is 85.3 cm³/mol. The van der Waals surface area contributed by atoms with Crippen LogP contribution < -0.4 is 5.32 Å². The molecule has 0 amide bonds. The molecule has 0 aromatic heterocycles. The summed E-state index contributed by atoms with van der Waals surface area (Å²) in [6.07, 6.45) is 0. The molecule has 4 nitrogen and oxygen atoms in total. The second kappa shape index (κ2) is 6.85. The lowest BCUT2D eigenvalue weighted by molar-refractivity contribution is 0.443. The first-order valence-corrected chi connectivity index (χ1v) is 9.53. The molecule has 1 heterocycles. The third-order valence-electron chi connectivity index (χ3n) is 3.09. The smallest absolute Gasteiger partial charge is 0.244 e. The van der Waals surface area contributed by atoms with Gasteiger partial charge in [-0.2, -0.15) is 16.1 Å². The van der Waals surface area contributed by atoms with E-state index in [1.807, 2.05) is 0 Å². The van der Waals surface area contributed by atoms with Gasteiger partial charge in [0.25, 0.3) is 0 Å².